The summed E-state index contributed by atoms with van der Waals surface area (Å²) in [4.78, 5) is 42.7. The predicted molar refractivity (Wildman–Crippen MR) is 64.3 cm³/mol. The van der Waals surface area contributed by atoms with Crippen molar-refractivity contribution in [2.24, 2.45) is 5.41 Å². The maximum Gasteiger partial charge on any atom is 0.303 e. The number of rotatable bonds is 10. The van der Waals surface area contributed by atoms with Crippen LogP contribution in [-0.2, 0) is 19.2 Å². The topological polar surface area (TPSA) is 181 Å². The molecular formula is C11H18O9. The van der Waals surface area contributed by atoms with Gasteiger partial charge < -0.3 is 25.9 Å². The molecule has 116 valence electrons. The van der Waals surface area contributed by atoms with Crippen molar-refractivity contribution in [2.45, 2.75) is 38.5 Å². The monoisotopic (exact) mass is 294 g/mol. The molecule has 6 N–H and O–H groups in total. The molecule has 0 aliphatic heterocycles. The molecule has 0 bridgehead atoms. The normalized spacial score (nSPS) is 10.4. The van der Waals surface area contributed by atoms with Crippen molar-refractivity contribution in [1.82, 2.24) is 0 Å². The van der Waals surface area contributed by atoms with E-state index in [2.05, 4.69) is 0 Å². The number of aliphatic carboxylic acids is 4. The lowest BCUT2D eigenvalue weighted by molar-refractivity contribution is -0.147. The van der Waals surface area contributed by atoms with Crippen molar-refractivity contribution in [3.8, 4) is 0 Å². The van der Waals surface area contributed by atoms with Crippen LogP contribution >= 0.6 is 0 Å². The Morgan fingerprint density at radius 2 is 1.05 bits per heavy atom. The molecule has 0 radical (unpaired) electrons. The Morgan fingerprint density at radius 3 is 1.30 bits per heavy atom. The third kappa shape index (κ3) is 8.86. The van der Waals surface area contributed by atoms with Gasteiger partial charge in [0, 0.05) is 11.8 Å². The fourth-order valence-corrected chi connectivity index (χ4v) is 2.03. The molecule has 9 heteroatoms. The smallest absolute Gasteiger partial charge is 0.303 e. The average Bonchev–Trinajstić information content (AvgIpc) is 2.12. The summed E-state index contributed by atoms with van der Waals surface area (Å²) in [6.45, 7) is 0. The first kappa shape index (κ1) is 20.2. The van der Waals surface area contributed by atoms with Crippen molar-refractivity contribution in [3.05, 3.63) is 0 Å². The van der Waals surface area contributed by atoms with E-state index in [4.69, 9.17) is 20.4 Å². The maximum absolute atomic E-state index is 10.8. The van der Waals surface area contributed by atoms with Crippen molar-refractivity contribution < 1.29 is 45.1 Å². The van der Waals surface area contributed by atoms with Gasteiger partial charge in [0.05, 0.1) is 19.3 Å². The molecule has 0 amide bonds. The molecule has 0 aromatic carbocycles. The van der Waals surface area contributed by atoms with Gasteiger partial charge in [0.2, 0.25) is 0 Å². The van der Waals surface area contributed by atoms with E-state index in [-0.39, 0.29) is 24.7 Å². The highest BCUT2D eigenvalue weighted by molar-refractivity contribution is 5.75. The van der Waals surface area contributed by atoms with Crippen molar-refractivity contribution in [1.29, 1.82) is 0 Å². The van der Waals surface area contributed by atoms with Crippen LogP contribution in [0.4, 0.5) is 0 Å². The summed E-state index contributed by atoms with van der Waals surface area (Å²) in [5, 5.41) is 34.9. The lowest BCUT2D eigenvalue weighted by Gasteiger charge is -2.29. The molecule has 0 aliphatic carbocycles. The van der Waals surface area contributed by atoms with Gasteiger partial charge in [0.15, 0.2) is 0 Å². The Kier molecular flexibility index (Phi) is 8.93. The van der Waals surface area contributed by atoms with Crippen LogP contribution < -0.4 is 0 Å². The highest BCUT2D eigenvalue weighted by Crippen LogP contribution is 2.37. The molecule has 20 heavy (non-hydrogen) atoms. The summed E-state index contributed by atoms with van der Waals surface area (Å²) < 4.78 is 0. The van der Waals surface area contributed by atoms with Gasteiger partial charge in [-0.05, 0) is 12.8 Å². The lowest BCUT2D eigenvalue weighted by atomic mass is 9.74. The van der Waals surface area contributed by atoms with E-state index in [0.29, 0.717) is 0 Å². The molecule has 0 fully saturated rings. The van der Waals surface area contributed by atoms with Crippen LogP contribution in [0, 0.1) is 5.41 Å². The third-order valence-electron chi connectivity index (χ3n) is 2.68. The second kappa shape index (κ2) is 8.86. The zero-order chi connectivity index (χ0) is 15.1. The SMILES string of the molecule is O.O=C(O)CCCC(CC(=O)O)(CC(=O)O)CC(=O)O. The molecule has 0 spiro atoms. The van der Waals surface area contributed by atoms with Crippen LogP contribution in [0.5, 0.6) is 0 Å². The standard InChI is InChI=1S/C11H16O8.H2O/c12-7(13)2-1-3-11(4-8(14)15,5-9(16)17)6-10(18)19;/h1-6H2,(H,12,13)(H,14,15)(H,16,17)(H,18,19);1H2. The van der Waals surface area contributed by atoms with E-state index in [1.807, 2.05) is 0 Å². The van der Waals surface area contributed by atoms with Crippen molar-refractivity contribution in [3.63, 3.8) is 0 Å². The molecule has 0 rings (SSSR count). The summed E-state index contributed by atoms with van der Waals surface area (Å²) >= 11 is 0. The molecule has 0 aliphatic rings. The number of carbonyl (C=O) groups is 4. The number of hydrogen-bond donors (Lipinski definition) is 4. The van der Waals surface area contributed by atoms with Gasteiger partial charge in [-0.1, -0.05) is 0 Å². The Balaban J connectivity index is 0. The molecule has 9 nitrogen and oxygen atoms in total. The van der Waals surface area contributed by atoms with Gasteiger partial charge in [0.1, 0.15) is 0 Å². The van der Waals surface area contributed by atoms with Crippen LogP contribution in [0.25, 0.3) is 0 Å². The minimum Gasteiger partial charge on any atom is -0.481 e. The largest absolute Gasteiger partial charge is 0.481 e. The molecule has 0 aromatic rings. The molecule has 0 unspecified atom stereocenters. The third-order valence-corrected chi connectivity index (χ3v) is 2.68. The van der Waals surface area contributed by atoms with E-state index in [1.54, 1.807) is 0 Å². The summed E-state index contributed by atoms with van der Waals surface area (Å²) in [5.74, 6) is -5.02. The highest BCUT2D eigenvalue weighted by atomic mass is 16.4. The first-order valence-corrected chi connectivity index (χ1v) is 5.54. The average molecular weight is 294 g/mol. The van der Waals surface area contributed by atoms with E-state index in [0.717, 1.165) is 0 Å². The fourth-order valence-electron chi connectivity index (χ4n) is 2.03. The van der Waals surface area contributed by atoms with Crippen LogP contribution in [-0.4, -0.2) is 49.8 Å². The van der Waals surface area contributed by atoms with Gasteiger partial charge in [-0.25, -0.2) is 0 Å². The summed E-state index contributed by atoms with van der Waals surface area (Å²) in [6, 6.07) is 0. The molecule has 0 heterocycles. The maximum atomic E-state index is 10.8. The fraction of sp³-hybridized carbons (Fsp3) is 0.636. The molecule has 0 saturated heterocycles. The van der Waals surface area contributed by atoms with Crippen molar-refractivity contribution >= 4 is 23.9 Å². The van der Waals surface area contributed by atoms with Crippen molar-refractivity contribution in [2.75, 3.05) is 0 Å². The molecule has 0 atom stereocenters. The second-order valence-corrected chi connectivity index (χ2v) is 4.46. The van der Waals surface area contributed by atoms with Gasteiger partial charge in [-0.15, -0.1) is 0 Å². The minimum absolute atomic E-state index is 0. The summed E-state index contributed by atoms with van der Waals surface area (Å²) in [7, 11) is 0. The zero-order valence-electron chi connectivity index (χ0n) is 10.7. The summed E-state index contributed by atoms with van der Waals surface area (Å²) in [5.41, 5.74) is -1.46. The van der Waals surface area contributed by atoms with Crippen LogP contribution in [0.15, 0.2) is 0 Å². The lowest BCUT2D eigenvalue weighted by Crippen LogP contribution is -2.31. The summed E-state index contributed by atoms with van der Waals surface area (Å²) in [6.07, 6.45) is -2.17. The van der Waals surface area contributed by atoms with Gasteiger partial charge in [-0.3, -0.25) is 19.2 Å². The molecular weight excluding hydrogens is 276 g/mol. The van der Waals surface area contributed by atoms with E-state index in [1.165, 1.54) is 0 Å². The first-order valence-electron chi connectivity index (χ1n) is 5.54. The van der Waals surface area contributed by atoms with Crippen LogP contribution in [0.3, 0.4) is 0 Å². The number of carboxylic acids is 4. The molecule has 0 saturated carbocycles. The van der Waals surface area contributed by atoms with Gasteiger partial charge in [0.25, 0.3) is 0 Å². The van der Waals surface area contributed by atoms with Crippen LogP contribution in [0.2, 0.25) is 0 Å². The van der Waals surface area contributed by atoms with Gasteiger partial charge >= 0.3 is 23.9 Å². The highest BCUT2D eigenvalue weighted by Gasteiger charge is 2.37. The van der Waals surface area contributed by atoms with E-state index < -0.39 is 48.6 Å². The van der Waals surface area contributed by atoms with Crippen LogP contribution in [0.1, 0.15) is 38.5 Å². The Labute approximate surface area is 114 Å². The quantitative estimate of drug-likeness (QED) is 0.428. The second-order valence-electron chi connectivity index (χ2n) is 4.46. The Bertz CT molecular complexity index is 333. The first-order chi connectivity index (χ1) is 8.67. The zero-order valence-corrected chi connectivity index (χ0v) is 10.7. The van der Waals surface area contributed by atoms with Gasteiger partial charge in [-0.2, -0.15) is 0 Å². The van der Waals surface area contributed by atoms with E-state index >= 15 is 0 Å². The number of hydrogen-bond acceptors (Lipinski definition) is 4. The number of carboxylic acid groups (broad SMARTS) is 4. The molecule has 0 aromatic heterocycles. The Hall–Kier alpha value is -2.16. The predicted octanol–water partition coefficient (Wildman–Crippen LogP) is -0.173. The Morgan fingerprint density at radius 1 is 0.700 bits per heavy atom. The van der Waals surface area contributed by atoms with E-state index in [9.17, 15) is 19.2 Å². The minimum atomic E-state index is -1.46.